The van der Waals surface area contributed by atoms with Crippen LogP contribution in [0.25, 0.3) is 0 Å². The summed E-state index contributed by atoms with van der Waals surface area (Å²) in [4.78, 5) is 36.0. The van der Waals surface area contributed by atoms with Crippen LogP contribution in [-0.2, 0) is 19.1 Å². The van der Waals surface area contributed by atoms with Crippen LogP contribution in [0, 0.1) is 23.2 Å². The summed E-state index contributed by atoms with van der Waals surface area (Å²) in [6.45, 7) is 8.99. The number of allylic oxidation sites excluding steroid dienone is 1. The summed E-state index contributed by atoms with van der Waals surface area (Å²) in [6, 6.07) is 1.64. The summed E-state index contributed by atoms with van der Waals surface area (Å²) >= 11 is 0. The summed E-state index contributed by atoms with van der Waals surface area (Å²) in [5.74, 6) is -1.49. The molecule has 0 aromatic carbocycles. The van der Waals surface area contributed by atoms with Crippen LogP contribution >= 0.6 is 0 Å². The first-order valence-corrected chi connectivity index (χ1v) is 10.3. The highest BCUT2D eigenvalue weighted by atomic mass is 16.6. The molecule has 0 aliphatic heterocycles. The molecule has 0 spiro atoms. The van der Waals surface area contributed by atoms with Gasteiger partial charge >= 0.3 is 11.9 Å². The van der Waals surface area contributed by atoms with Gasteiger partial charge in [-0.2, -0.15) is 0 Å². The average molecular weight is 418 g/mol. The van der Waals surface area contributed by atoms with E-state index in [-0.39, 0.29) is 30.6 Å². The average Bonchev–Trinajstić information content (AvgIpc) is 3.19. The van der Waals surface area contributed by atoms with Crippen LogP contribution in [0.3, 0.4) is 0 Å². The maximum Gasteiger partial charge on any atom is 0.302 e. The first-order chi connectivity index (χ1) is 14.1. The molecule has 0 radical (unpaired) electrons. The summed E-state index contributed by atoms with van der Waals surface area (Å²) < 4.78 is 15.8. The second-order valence-corrected chi connectivity index (χ2v) is 8.81. The zero-order chi connectivity index (χ0) is 22.1. The van der Waals surface area contributed by atoms with Crippen molar-refractivity contribution in [1.82, 2.24) is 0 Å². The van der Waals surface area contributed by atoms with E-state index in [4.69, 9.17) is 13.9 Å². The fraction of sp³-hybridized carbons (Fsp3) is 0.609. The van der Waals surface area contributed by atoms with Crippen molar-refractivity contribution < 1.29 is 33.4 Å². The molecule has 1 heterocycles. The van der Waals surface area contributed by atoms with E-state index in [0.717, 1.165) is 18.4 Å². The van der Waals surface area contributed by atoms with E-state index in [0.29, 0.717) is 12.0 Å². The summed E-state index contributed by atoms with van der Waals surface area (Å²) in [5, 5.41) is 11.0. The lowest BCUT2D eigenvalue weighted by Crippen LogP contribution is -2.58. The van der Waals surface area contributed by atoms with Crippen LogP contribution in [0.4, 0.5) is 0 Å². The molecule has 7 nitrogen and oxygen atoms in total. The molecule has 0 saturated heterocycles. The van der Waals surface area contributed by atoms with Crippen molar-refractivity contribution in [1.29, 1.82) is 0 Å². The molecule has 1 N–H and O–H groups in total. The number of aliphatic hydroxyl groups is 1. The lowest BCUT2D eigenvalue weighted by Gasteiger charge is -2.57. The Morgan fingerprint density at radius 3 is 2.63 bits per heavy atom. The fourth-order valence-electron chi connectivity index (χ4n) is 5.49. The molecule has 6 atom stereocenters. The molecule has 2 aliphatic rings. The van der Waals surface area contributed by atoms with Crippen molar-refractivity contribution in [3.63, 3.8) is 0 Å². The molecule has 0 amide bonds. The Labute approximate surface area is 176 Å². The van der Waals surface area contributed by atoms with Gasteiger partial charge in [0.15, 0.2) is 5.78 Å². The Morgan fingerprint density at radius 1 is 1.30 bits per heavy atom. The van der Waals surface area contributed by atoms with Gasteiger partial charge in [-0.3, -0.25) is 14.4 Å². The predicted molar refractivity (Wildman–Crippen MR) is 107 cm³/mol. The smallest absolute Gasteiger partial charge is 0.302 e. The van der Waals surface area contributed by atoms with Gasteiger partial charge in [0.2, 0.25) is 0 Å². The quantitative estimate of drug-likeness (QED) is 0.429. The fourth-order valence-corrected chi connectivity index (χ4v) is 5.49. The molecule has 1 aromatic heterocycles. The lowest BCUT2D eigenvalue weighted by atomic mass is 9.49. The Hall–Kier alpha value is -2.41. The van der Waals surface area contributed by atoms with Gasteiger partial charge in [0, 0.05) is 26.2 Å². The largest absolute Gasteiger partial charge is 0.472 e. The van der Waals surface area contributed by atoms with E-state index in [1.807, 2.05) is 0 Å². The number of esters is 2. The number of ether oxygens (including phenoxy) is 2. The molecule has 2 fully saturated rings. The minimum Gasteiger partial charge on any atom is -0.472 e. The maximum absolute atomic E-state index is 12.9. The van der Waals surface area contributed by atoms with Gasteiger partial charge in [0.25, 0.3) is 0 Å². The number of hydrogen-bond donors (Lipinski definition) is 1. The molecule has 0 bridgehead atoms. The van der Waals surface area contributed by atoms with Gasteiger partial charge in [-0.15, -0.1) is 0 Å². The topological polar surface area (TPSA) is 103 Å². The summed E-state index contributed by atoms with van der Waals surface area (Å²) in [7, 11) is 0. The third-order valence-corrected chi connectivity index (χ3v) is 6.92. The highest BCUT2D eigenvalue weighted by Crippen LogP contribution is 2.58. The van der Waals surface area contributed by atoms with E-state index >= 15 is 0 Å². The molecular formula is C23H30O7. The first-order valence-electron chi connectivity index (χ1n) is 10.3. The Morgan fingerprint density at radius 2 is 2.03 bits per heavy atom. The van der Waals surface area contributed by atoms with Crippen LogP contribution in [0.15, 0.2) is 35.2 Å². The SMILES string of the molecule is C=C1CCC2C(COC(C)=O)C(O)C(OC(C)=O)CC2(C)C1CC(=O)c1ccoc1. The summed E-state index contributed by atoms with van der Waals surface area (Å²) in [6.07, 6.45) is 3.39. The van der Waals surface area contributed by atoms with Gasteiger partial charge < -0.3 is 19.0 Å². The number of rotatable bonds is 6. The standard InChI is InChI=1S/C23H30O7/c1-13-5-6-18-17(12-29-14(2)24)22(27)21(30-15(3)25)10-23(18,4)19(13)9-20(26)16-7-8-28-11-16/h7-8,11,17-19,21-22,27H,1,5-6,9-10,12H2,2-4H3. The number of carbonyl (C=O) groups excluding carboxylic acids is 3. The molecular weight excluding hydrogens is 388 g/mol. The van der Waals surface area contributed by atoms with E-state index < -0.39 is 35.5 Å². The lowest BCUT2D eigenvalue weighted by molar-refractivity contribution is -0.188. The van der Waals surface area contributed by atoms with Crippen LogP contribution in [0.5, 0.6) is 0 Å². The number of fused-ring (bicyclic) bond motifs is 1. The molecule has 164 valence electrons. The van der Waals surface area contributed by atoms with Crippen molar-refractivity contribution in [2.75, 3.05) is 6.61 Å². The summed E-state index contributed by atoms with van der Waals surface area (Å²) in [5.41, 5.74) is 1.05. The van der Waals surface area contributed by atoms with Crippen molar-refractivity contribution in [2.45, 2.75) is 58.7 Å². The number of hydrogen-bond acceptors (Lipinski definition) is 7. The first kappa shape index (κ1) is 22.3. The van der Waals surface area contributed by atoms with Gasteiger partial charge in [-0.25, -0.2) is 0 Å². The van der Waals surface area contributed by atoms with E-state index in [1.54, 1.807) is 6.07 Å². The number of Topliss-reactive ketones (excluding diaryl/α,β-unsaturated/α-hetero) is 1. The van der Waals surface area contributed by atoms with Crippen molar-refractivity contribution >= 4 is 17.7 Å². The number of aliphatic hydroxyl groups excluding tert-OH is 1. The van der Waals surface area contributed by atoms with Crippen LogP contribution in [0.2, 0.25) is 0 Å². The van der Waals surface area contributed by atoms with Crippen molar-refractivity contribution in [3.8, 4) is 0 Å². The molecule has 30 heavy (non-hydrogen) atoms. The highest BCUT2D eigenvalue weighted by Gasteiger charge is 2.57. The second-order valence-electron chi connectivity index (χ2n) is 8.81. The highest BCUT2D eigenvalue weighted by molar-refractivity contribution is 5.96. The van der Waals surface area contributed by atoms with Crippen LogP contribution < -0.4 is 0 Å². The normalized spacial score (nSPS) is 33.5. The van der Waals surface area contributed by atoms with Gasteiger partial charge in [-0.05, 0) is 42.6 Å². The third kappa shape index (κ3) is 4.36. The Bertz CT molecular complexity index is 812. The zero-order valence-corrected chi connectivity index (χ0v) is 17.8. The molecule has 7 heteroatoms. The number of furan rings is 1. The van der Waals surface area contributed by atoms with Crippen LogP contribution in [0.1, 0.15) is 56.8 Å². The Kier molecular flexibility index (Phi) is 6.50. The number of ketones is 1. The number of carbonyl (C=O) groups is 3. The molecule has 6 unspecified atom stereocenters. The van der Waals surface area contributed by atoms with E-state index in [1.165, 1.54) is 26.4 Å². The molecule has 2 saturated carbocycles. The molecule has 1 aromatic rings. The minimum absolute atomic E-state index is 0.00805. The zero-order valence-electron chi connectivity index (χ0n) is 17.8. The molecule has 2 aliphatic carbocycles. The second kappa shape index (κ2) is 8.76. The van der Waals surface area contributed by atoms with Crippen LogP contribution in [-0.4, -0.2) is 41.6 Å². The van der Waals surface area contributed by atoms with Gasteiger partial charge in [-0.1, -0.05) is 19.1 Å². The van der Waals surface area contributed by atoms with Gasteiger partial charge in [0.05, 0.1) is 24.5 Å². The van der Waals surface area contributed by atoms with E-state index in [2.05, 4.69) is 13.5 Å². The molecule has 3 rings (SSSR count). The van der Waals surface area contributed by atoms with Gasteiger partial charge in [0.1, 0.15) is 12.4 Å². The monoisotopic (exact) mass is 418 g/mol. The van der Waals surface area contributed by atoms with E-state index in [9.17, 15) is 19.5 Å². The van der Waals surface area contributed by atoms with Crippen molar-refractivity contribution in [3.05, 3.63) is 36.3 Å². The third-order valence-electron chi connectivity index (χ3n) is 6.92. The van der Waals surface area contributed by atoms with Crippen molar-refractivity contribution in [2.24, 2.45) is 23.2 Å². The Balaban J connectivity index is 1.93. The maximum atomic E-state index is 12.9. The predicted octanol–water partition coefficient (Wildman–Crippen LogP) is 3.32. The minimum atomic E-state index is -0.942.